The zero-order chi connectivity index (χ0) is 19.6. The van der Waals surface area contributed by atoms with Crippen LogP contribution in [0.2, 0.25) is 0 Å². The molecule has 0 bridgehead atoms. The molecule has 0 aromatic heterocycles. The molecule has 2 aliphatic rings. The number of benzene rings is 1. The van der Waals surface area contributed by atoms with Gasteiger partial charge in [0.25, 0.3) is 0 Å². The average molecular weight is 393 g/mol. The highest BCUT2D eigenvalue weighted by Crippen LogP contribution is 2.33. The van der Waals surface area contributed by atoms with E-state index in [9.17, 15) is 13.2 Å². The fraction of sp³-hybridized carbons (Fsp3) is 0.667. The Bertz CT molecular complexity index is 777. The monoisotopic (exact) mass is 392 g/mol. The molecule has 0 N–H and O–H groups in total. The van der Waals surface area contributed by atoms with Crippen molar-refractivity contribution in [2.75, 3.05) is 25.1 Å². The van der Waals surface area contributed by atoms with E-state index in [-0.39, 0.29) is 35.5 Å². The summed E-state index contributed by atoms with van der Waals surface area (Å²) in [5, 5.41) is 0. The van der Waals surface area contributed by atoms with Crippen molar-refractivity contribution >= 4 is 15.7 Å². The first-order valence-electron chi connectivity index (χ1n) is 10.1. The van der Waals surface area contributed by atoms with Crippen molar-refractivity contribution < 1.29 is 13.2 Å². The summed E-state index contributed by atoms with van der Waals surface area (Å²) >= 11 is 0. The summed E-state index contributed by atoms with van der Waals surface area (Å²) in [4.78, 5) is 17.2. The second-order valence-electron chi connectivity index (χ2n) is 8.14. The largest absolute Gasteiger partial charge is 0.335 e. The van der Waals surface area contributed by atoms with Crippen LogP contribution in [0, 0.1) is 0 Å². The van der Waals surface area contributed by atoms with E-state index in [4.69, 9.17) is 0 Å². The van der Waals surface area contributed by atoms with Crippen LogP contribution in [0.5, 0.6) is 0 Å². The summed E-state index contributed by atoms with van der Waals surface area (Å²) in [5.41, 5.74) is 2.71. The lowest BCUT2D eigenvalue weighted by molar-refractivity contribution is -0.137. The predicted octanol–water partition coefficient (Wildman–Crippen LogP) is 2.81. The maximum absolute atomic E-state index is 13.2. The number of rotatable bonds is 6. The van der Waals surface area contributed by atoms with E-state index in [2.05, 4.69) is 36.1 Å². The molecule has 3 atom stereocenters. The zero-order valence-corrected chi connectivity index (χ0v) is 17.5. The van der Waals surface area contributed by atoms with Gasteiger partial charge in [0.1, 0.15) is 0 Å². The minimum absolute atomic E-state index is 0.0528. The van der Waals surface area contributed by atoms with Gasteiger partial charge in [-0.2, -0.15) is 0 Å². The highest BCUT2D eigenvalue weighted by atomic mass is 32.2. The number of amides is 1. The normalized spacial score (nSPS) is 25.2. The Balaban J connectivity index is 1.74. The van der Waals surface area contributed by atoms with Gasteiger partial charge >= 0.3 is 0 Å². The van der Waals surface area contributed by atoms with Crippen molar-refractivity contribution in [2.45, 2.75) is 64.1 Å². The van der Waals surface area contributed by atoms with Crippen molar-refractivity contribution in [3.8, 4) is 0 Å². The molecular weight excluding hydrogens is 360 g/mol. The molecule has 1 aromatic rings. The van der Waals surface area contributed by atoms with Gasteiger partial charge in [-0.1, -0.05) is 31.2 Å². The molecule has 1 saturated heterocycles. The van der Waals surface area contributed by atoms with Crippen LogP contribution in [-0.4, -0.2) is 61.3 Å². The number of carbonyl (C=O) groups excluding carboxylic acids is 1. The number of carbonyl (C=O) groups is 1. The third-order valence-corrected chi connectivity index (χ3v) is 7.96. The second-order valence-corrected chi connectivity index (χ2v) is 10.4. The van der Waals surface area contributed by atoms with Crippen LogP contribution in [0.4, 0.5) is 0 Å². The number of aryl methyl sites for hydroxylation is 1. The Labute approximate surface area is 163 Å². The summed E-state index contributed by atoms with van der Waals surface area (Å²) < 4.78 is 23.9. The van der Waals surface area contributed by atoms with Gasteiger partial charge in [0.15, 0.2) is 9.84 Å². The first-order valence-corrected chi connectivity index (χ1v) is 11.9. The molecule has 1 aromatic carbocycles. The maximum atomic E-state index is 13.2. The molecule has 150 valence electrons. The second kappa shape index (κ2) is 8.31. The Morgan fingerprint density at radius 2 is 2.00 bits per heavy atom. The minimum atomic E-state index is -3.01. The summed E-state index contributed by atoms with van der Waals surface area (Å²) in [5.74, 6) is 0.361. The molecule has 0 saturated carbocycles. The van der Waals surface area contributed by atoms with E-state index >= 15 is 0 Å². The third-order valence-electron chi connectivity index (χ3n) is 6.21. The van der Waals surface area contributed by atoms with Crippen LogP contribution in [-0.2, 0) is 21.1 Å². The number of hydrogen-bond acceptors (Lipinski definition) is 4. The van der Waals surface area contributed by atoms with Crippen LogP contribution in [0.25, 0.3) is 0 Å². The molecule has 1 amide bonds. The number of sulfone groups is 1. The molecule has 1 heterocycles. The van der Waals surface area contributed by atoms with Crippen LogP contribution in [0.15, 0.2) is 24.3 Å². The van der Waals surface area contributed by atoms with Crippen molar-refractivity contribution in [3.63, 3.8) is 0 Å². The Kier molecular flexibility index (Phi) is 6.26. The van der Waals surface area contributed by atoms with Crippen molar-refractivity contribution in [2.24, 2.45) is 0 Å². The lowest BCUT2D eigenvalue weighted by Gasteiger charge is -2.37. The number of fused-ring (bicyclic) bond motifs is 1. The first kappa shape index (κ1) is 20.3. The topological polar surface area (TPSA) is 57.7 Å². The molecule has 3 unspecified atom stereocenters. The van der Waals surface area contributed by atoms with Gasteiger partial charge in [-0.25, -0.2) is 8.42 Å². The van der Waals surface area contributed by atoms with Gasteiger partial charge < -0.3 is 4.90 Å². The highest BCUT2D eigenvalue weighted by Gasteiger charge is 2.37. The Hall–Kier alpha value is -1.40. The van der Waals surface area contributed by atoms with E-state index in [0.717, 1.165) is 25.7 Å². The van der Waals surface area contributed by atoms with E-state index in [0.29, 0.717) is 13.0 Å². The molecule has 1 aliphatic carbocycles. The fourth-order valence-electron chi connectivity index (χ4n) is 4.59. The Morgan fingerprint density at radius 3 is 2.67 bits per heavy atom. The summed E-state index contributed by atoms with van der Waals surface area (Å²) in [6.45, 7) is 4.41. The van der Waals surface area contributed by atoms with Gasteiger partial charge in [-0.15, -0.1) is 0 Å². The standard InChI is InChI=1S/C21H32N2O3S/c1-4-16(2)23(18-12-13-27(25,26)15-18)21(24)14-22(3)20-11-7-9-17-8-5-6-10-19(17)20/h5-6,8,10,16,18,20H,4,7,9,11-15H2,1-3H3. The van der Waals surface area contributed by atoms with Gasteiger partial charge in [-0.05, 0) is 57.2 Å². The molecule has 27 heavy (non-hydrogen) atoms. The van der Waals surface area contributed by atoms with Gasteiger partial charge in [-0.3, -0.25) is 9.69 Å². The zero-order valence-electron chi connectivity index (χ0n) is 16.7. The van der Waals surface area contributed by atoms with Crippen molar-refractivity contribution in [3.05, 3.63) is 35.4 Å². The highest BCUT2D eigenvalue weighted by molar-refractivity contribution is 7.91. The third kappa shape index (κ3) is 4.54. The number of nitrogens with zero attached hydrogens (tertiary/aromatic N) is 2. The van der Waals surface area contributed by atoms with Crippen LogP contribution >= 0.6 is 0 Å². The summed E-state index contributed by atoms with van der Waals surface area (Å²) in [6.07, 6.45) is 4.69. The van der Waals surface area contributed by atoms with Gasteiger partial charge in [0.2, 0.25) is 5.91 Å². The number of hydrogen-bond donors (Lipinski definition) is 0. The van der Waals surface area contributed by atoms with E-state index in [1.54, 1.807) is 0 Å². The Morgan fingerprint density at radius 1 is 1.26 bits per heavy atom. The molecular formula is C21H32N2O3S. The molecule has 0 radical (unpaired) electrons. The first-order chi connectivity index (χ1) is 12.8. The molecule has 6 heteroatoms. The molecule has 1 fully saturated rings. The number of likely N-dealkylation sites (N-methyl/N-ethyl adjacent to an activating group) is 1. The van der Waals surface area contributed by atoms with Gasteiger partial charge in [0.05, 0.1) is 18.1 Å². The van der Waals surface area contributed by atoms with Crippen LogP contribution in [0.1, 0.15) is 56.7 Å². The van der Waals surface area contributed by atoms with Crippen LogP contribution < -0.4 is 0 Å². The van der Waals surface area contributed by atoms with Crippen molar-refractivity contribution in [1.82, 2.24) is 9.80 Å². The minimum Gasteiger partial charge on any atom is -0.335 e. The summed E-state index contributed by atoms with van der Waals surface area (Å²) in [6, 6.07) is 8.65. The lowest BCUT2D eigenvalue weighted by Crippen LogP contribution is -2.50. The van der Waals surface area contributed by atoms with Gasteiger partial charge in [0, 0.05) is 18.1 Å². The van der Waals surface area contributed by atoms with E-state index in [1.165, 1.54) is 11.1 Å². The summed E-state index contributed by atoms with van der Waals surface area (Å²) in [7, 11) is -0.993. The van der Waals surface area contributed by atoms with E-state index < -0.39 is 9.84 Å². The SMILES string of the molecule is CCC(C)N(C(=O)CN(C)C1CCCc2ccccc21)C1CCS(=O)(=O)C1. The molecule has 1 aliphatic heterocycles. The van der Waals surface area contributed by atoms with E-state index in [1.807, 2.05) is 18.9 Å². The van der Waals surface area contributed by atoms with Crippen molar-refractivity contribution in [1.29, 1.82) is 0 Å². The maximum Gasteiger partial charge on any atom is 0.237 e. The van der Waals surface area contributed by atoms with Crippen LogP contribution in [0.3, 0.4) is 0 Å². The molecule has 5 nitrogen and oxygen atoms in total. The lowest BCUT2D eigenvalue weighted by atomic mass is 9.87. The molecule has 3 rings (SSSR count). The smallest absolute Gasteiger partial charge is 0.237 e. The average Bonchev–Trinajstić information content (AvgIpc) is 3.00. The quantitative estimate of drug-likeness (QED) is 0.747. The fourth-order valence-corrected chi connectivity index (χ4v) is 6.30. The predicted molar refractivity (Wildman–Crippen MR) is 108 cm³/mol. The molecule has 0 spiro atoms.